The Kier molecular flexibility index (Phi) is 1.46. The van der Waals surface area contributed by atoms with Gasteiger partial charge in [0.15, 0.2) is 0 Å². The number of nitroso groups, excluding NO2 is 1. The third kappa shape index (κ3) is 0.759. The van der Waals surface area contributed by atoms with Gasteiger partial charge in [-0.3, -0.25) is 4.79 Å². The van der Waals surface area contributed by atoms with Crippen LogP contribution in [0.2, 0.25) is 0 Å². The molecule has 1 aliphatic carbocycles. The van der Waals surface area contributed by atoms with E-state index in [9.17, 15) is 9.70 Å². The molecule has 4 heteroatoms. The summed E-state index contributed by atoms with van der Waals surface area (Å²) in [5.41, 5.74) is 0. The van der Waals surface area contributed by atoms with E-state index in [1.54, 1.807) is 6.92 Å². The average molecular weight is 185 g/mol. The summed E-state index contributed by atoms with van der Waals surface area (Å²) in [5.74, 6) is 0.234. The van der Waals surface area contributed by atoms with E-state index in [2.05, 4.69) is 4.58 Å². The van der Waals surface area contributed by atoms with Gasteiger partial charge in [-0.1, -0.05) is 10.2 Å². The molecule has 0 saturated heterocycles. The average Bonchev–Trinajstić information content (AvgIpc) is 2.50. The van der Waals surface area contributed by atoms with E-state index >= 15 is 0 Å². The number of carbonyl (C=O) groups excluding carboxylic acids is 1. The van der Waals surface area contributed by atoms with Crippen LogP contribution in [0.15, 0.2) is 14.4 Å². The minimum absolute atomic E-state index is 0.0395. The van der Waals surface area contributed by atoms with Crippen molar-refractivity contribution >= 4 is 16.0 Å². The Labute approximate surface area is 72.6 Å². The zero-order valence-corrected chi connectivity index (χ0v) is 7.98. The molecule has 2 atom stereocenters. The molecule has 66 valence electrons. The molecular formula is C8H11NO2S. The largest absolute Gasteiger partial charge is 0.299 e. The third-order valence-electron chi connectivity index (χ3n) is 2.76. The van der Waals surface area contributed by atoms with Crippen molar-refractivity contribution in [1.29, 1.82) is 0 Å². The molecule has 0 spiro atoms. The molecule has 0 N–H and O–H groups in total. The van der Waals surface area contributed by atoms with Crippen LogP contribution >= 0.6 is 10.2 Å². The van der Waals surface area contributed by atoms with E-state index < -0.39 is 10.2 Å². The maximum absolute atomic E-state index is 11.1. The summed E-state index contributed by atoms with van der Waals surface area (Å²) in [6, 6.07) is 0. The molecule has 0 aromatic carbocycles. The summed E-state index contributed by atoms with van der Waals surface area (Å²) in [4.78, 5) is 23.9. The summed E-state index contributed by atoms with van der Waals surface area (Å²) in [6.45, 7) is 1.60. The Morgan fingerprint density at radius 3 is 2.75 bits per heavy atom. The Morgan fingerprint density at radius 1 is 1.67 bits per heavy atom. The molecule has 0 bridgehead atoms. The van der Waals surface area contributed by atoms with E-state index in [1.165, 1.54) is 4.91 Å². The molecule has 1 aliphatic heterocycles. The van der Waals surface area contributed by atoms with Crippen LogP contribution in [0.5, 0.6) is 0 Å². The Balaban J connectivity index is 2.23. The van der Waals surface area contributed by atoms with Crippen molar-refractivity contribution in [3.05, 3.63) is 14.7 Å². The molecule has 1 unspecified atom stereocenters. The van der Waals surface area contributed by atoms with Crippen molar-refractivity contribution in [3.63, 3.8) is 0 Å². The fourth-order valence-electron chi connectivity index (χ4n) is 2.03. The summed E-state index contributed by atoms with van der Waals surface area (Å²) < 4.78 is 3.16. The van der Waals surface area contributed by atoms with Crippen LogP contribution in [0.4, 0.5) is 0 Å². The molecule has 0 radical (unpaired) electrons. The van der Waals surface area contributed by atoms with Crippen LogP contribution in [0.1, 0.15) is 19.8 Å². The Morgan fingerprint density at radius 2 is 2.33 bits per heavy atom. The highest BCUT2D eigenvalue weighted by Gasteiger charge is 2.55. The molecule has 0 amide bonds. The maximum Gasteiger partial charge on any atom is 0.137 e. The standard InChI is InChI=1S/C8H11NO2S/c1-5(10)6-3-4-7-8(6)12(7,2)9-11/h6H,3-4H2,1-2H3/t6-/m0/s1. The fraction of sp³-hybridized carbons (Fsp3) is 0.625. The fourth-order valence-corrected chi connectivity index (χ4v) is 4.87. The maximum atomic E-state index is 11.1. The zero-order chi connectivity index (χ0) is 8.93. The minimum Gasteiger partial charge on any atom is -0.299 e. The Bertz CT molecular complexity index is 310. The predicted molar refractivity (Wildman–Crippen MR) is 49.7 cm³/mol. The van der Waals surface area contributed by atoms with Crippen molar-refractivity contribution in [2.45, 2.75) is 19.8 Å². The molecule has 0 aromatic rings. The second kappa shape index (κ2) is 2.19. The summed E-state index contributed by atoms with van der Waals surface area (Å²) in [6.07, 6.45) is 3.73. The Hall–Kier alpha value is -0.640. The topological polar surface area (TPSA) is 46.5 Å². The predicted octanol–water partition coefficient (Wildman–Crippen LogP) is 2.33. The van der Waals surface area contributed by atoms with Gasteiger partial charge < -0.3 is 0 Å². The van der Waals surface area contributed by atoms with Crippen molar-refractivity contribution < 1.29 is 4.79 Å². The van der Waals surface area contributed by atoms with Gasteiger partial charge in [-0.05, 0) is 30.6 Å². The number of Topliss-reactive ketones (excluding diaryl/α,β-unsaturated/α-hetero) is 1. The van der Waals surface area contributed by atoms with Crippen molar-refractivity contribution in [1.82, 2.24) is 0 Å². The van der Waals surface area contributed by atoms with Gasteiger partial charge in [0, 0.05) is 9.81 Å². The second-order valence-corrected chi connectivity index (χ2v) is 6.27. The zero-order valence-electron chi connectivity index (χ0n) is 7.16. The van der Waals surface area contributed by atoms with Crippen molar-refractivity contribution in [2.24, 2.45) is 10.5 Å². The number of allylic oxidation sites excluding steroid dienone is 2. The first-order chi connectivity index (χ1) is 5.61. The molecule has 0 aromatic heterocycles. The summed E-state index contributed by atoms with van der Waals surface area (Å²) >= 11 is 0. The van der Waals surface area contributed by atoms with Gasteiger partial charge in [0.05, 0.1) is 5.92 Å². The van der Waals surface area contributed by atoms with E-state index in [0.29, 0.717) is 0 Å². The summed E-state index contributed by atoms with van der Waals surface area (Å²) in [7, 11) is -1.41. The van der Waals surface area contributed by atoms with Crippen LogP contribution in [0, 0.1) is 10.8 Å². The SMILES string of the molecule is CC(=O)[C@@H]1CCC2=C1S2(C)N=O. The van der Waals surface area contributed by atoms with Crippen molar-refractivity contribution in [2.75, 3.05) is 6.26 Å². The van der Waals surface area contributed by atoms with Crippen LogP contribution in [-0.2, 0) is 4.79 Å². The van der Waals surface area contributed by atoms with Crippen LogP contribution in [0.25, 0.3) is 0 Å². The molecule has 0 saturated carbocycles. The first-order valence-electron chi connectivity index (χ1n) is 3.97. The monoisotopic (exact) mass is 185 g/mol. The van der Waals surface area contributed by atoms with E-state index in [0.717, 1.165) is 17.7 Å². The van der Waals surface area contributed by atoms with Gasteiger partial charge in [-0.25, -0.2) is 0 Å². The third-order valence-corrected chi connectivity index (χ3v) is 5.62. The number of ketones is 1. The van der Waals surface area contributed by atoms with E-state index in [1.807, 2.05) is 6.26 Å². The van der Waals surface area contributed by atoms with Gasteiger partial charge in [-0.15, -0.1) is 4.91 Å². The molecule has 1 heterocycles. The lowest BCUT2D eigenvalue weighted by atomic mass is 10.1. The quantitative estimate of drug-likeness (QED) is 0.620. The lowest BCUT2D eigenvalue weighted by Gasteiger charge is -2.18. The molecule has 2 rings (SSSR count). The lowest BCUT2D eigenvalue weighted by molar-refractivity contribution is -0.119. The number of carbonyl (C=O) groups is 1. The highest BCUT2D eigenvalue weighted by atomic mass is 32.3. The molecule has 12 heavy (non-hydrogen) atoms. The van der Waals surface area contributed by atoms with Gasteiger partial charge in [0.2, 0.25) is 0 Å². The minimum atomic E-state index is -1.41. The second-order valence-electron chi connectivity index (χ2n) is 3.44. The smallest absolute Gasteiger partial charge is 0.137 e. The lowest BCUT2D eigenvalue weighted by Crippen LogP contribution is -2.09. The van der Waals surface area contributed by atoms with Crippen LogP contribution in [0.3, 0.4) is 0 Å². The normalized spacial score (nSPS) is 43.3. The first-order valence-corrected chi connectivity index (χ1v) is 5.97. The van der Waals surface area contributed by atoms with E-state index in [4.69, 9.17) is 0 Å². The number of nitrogens with zero attached hydrogens (tertiary/aromatic N) is 1. The molecule has 0 fully saturated rings. The number of hydrogen-bond acceptors (Lipinski definition) is 3. The highest BCUT2D eigenvalue weighted by Crippen LogP contribution is 2.82. The van der Waals surface area contributed by atoms with Crippen LogP contribution in [-0.4, -0.2) is 12.0 Å². The van der Waals surface area contributed by atoms with Gasteiger partial charge in [-0.2, -0.15) is 0 Å². The summed E-state index contributed by atoms with van der Waals surface area (Å²) in [5, 5.41) is 0. The van der Waals surface area contributed by atoms with Gasteiger partial charge in [0.1, 0.15) is 5.78 Å². The first kappa shape index (κ1) is 7.98. The van der Waals surface area contributed by atoms with E-state index in [-0.39, 0.29) is 11.7 Å². The van der Waals surface area contributed by atoms with Gasteiger partial charge >= 0.3 is 0 Å². The molecule has 2 aliphatic rings. The highest BCUT2D eigenvalue weighted by molar-refractivity contribution is 8.43. The van der Waals surface area contributed by atoms with Crippen molar-refractivity contribution in [3.8, 4) is 0 Å². The number of rotatable bonds is 2. The van der Waals surface area contributed by atoms with Crippen LogP contribution < -0.4 is 0 Å². The van der Waals surface area contributed by atoms with Gasteiger partial charge in [0.25, 0.3) is 0 Å². The number of hydrogen-bond donors (Lipinski definition) is 0. The molecular weight excluding hydrogens is 174 g/mol. The molecule has 3 nitrogen and oxygen atoms in total.